The highest BCUT2D eigenvalue weighted by molar-refractivity contribution is 6.42. The van der Waals surface area contributed by atoms with E-state index in [0.29, 0.717) is 32.8 Å². The van der Waals surface area contributed by atoms with E-state index < -0.39 is 6.04 Å². The molecule has 142 valence electrons. The molecule has 9 heteroatoms. The lowest BCUT2D eigenvalue weighted by atomic mass is 9.94. The van der Waals surface area contributed by atoms with E-state index in [0.717, 1.165) is 11.3 Å². The number of aryl methyl sites for hydroxylation is 1. The van der Waals surface area contributed by atoms with Crippen LogP contribution in [0.2, 0.25) is 10.0 Å². The Morgan fingerprint density at radius 3 is 2.71 bits per heavy atom. The van der Waals surface area contributed by atoms with E-state index in [1.807, 2.05) is 37.3 Å². The number of rotatable bonds is 3. The highest BCUT2D eigenvalue weighted by Crippen LogP contribution is 2.40. The monoisotopic (exact) mass is 414 g/mol. The van der Waals surface area contributed by atoms with E-state index >= 15 is 0 Å². The first kappa shape index (κ1) is 18.5. The minimum atomic E-state index is -0.624. The molecule has 0 saturated heterocycles. The molecule has 0 aliphatic carbocycles. The molecule has 1 amide bonds. The van der Waals surface area contributed by atoms with Crippen LogP contribution in [-0.4, -0.2) is 26.1 Å². The molecular formula is C19H16Cl2N6O. The number of benzene rings is 2. The first-order chi connectivity index (χ1) is 13.5. The van der Waals surface area contributed by atoms with Gasteiger partial charge in [-0.3, -0.25) is 4.79 Å². The van der Waals surface area contributed by atoms with Crippen LogP contribution in [0.1, 0.15) is 24.1 Å². The lowest BCUT2D eigenvalue weighted by molar-refractivity contribution is -0.113. The average molecular weight is 415 g/mol. The van der Waals surface area contributed by atoms with Crippen LogP contribution in [0, 0.1) is 6.92 Å². The fourth-order valence-electron chi connectivity index (χ4n) is 3.23. The summed E-state index contributed by atoms with van der Waals surface area (Å²) in [6.45, 7) is 3.73. The Hall–Kier alpha value is -2.90. The van der Waals surface area contributed by atoms with Crippen molar-refractivity contribution < 1.29 is 4.79 Å². The molecule has 0 unspecified atom stereocenters. The summed E-state index contributed by atoms with van der Waals surface area (Å²) in [5.41, 5.74) is 3.41. The molecule has 4 rings (SSSR count). The molecule has 2 heterocycles. The van der Waals surface area contributed by atoms with Gasteiger partial charge in [-0.25, -0.2) is 0 Å². The number of aromatic nitrogens is 4. The number of carbonyl (C=O) groups is 1. The molecule has 1 aromatic heterocycles. The van der Waals surface area contributed by atoms with Crippen molar-refractivity contribution in [3.05, 3.63) is 74.9 Å². The maximum Gasteiger partial charge on any atom is 0.255 e. The van der Waals surface area contributed by atoms with Gasteiger partial charge in [-0.1, -0.05) is 58.6 Å². The highest BCUT2D eigenvalue weighted by atomic mass is 35.5. The minimum Gasteiger partial charge on any atom is -0.326 e. The van der Waals surface area contributed by atoms with Crippen LogP contribution in [0.15, 0.2) is 53.7 Å². The number of nitrogens with one attached hydrogen (secondary N) is 2. The van der Waals surface area contributed by atoms with E-state index in [9.17, 15) is 4.79 Å². The second kappa shape index (κ2) is 7.26. The van der Waals surface area contributed by atoms with E-state index in [1.165, 1.54) is 4.68 Å². The van der Waals surface area contributed by atoms with Gasteiger partial charge in [0.15, 0.2) is 0 Å². The molecule has 28 heavy (non-hydrogen) atoms. The van der Waals surface area contributed by atoms with Crippen molar-refractivity contribution in [3.63, 3.8) is 0 Å². The molecule has 0 saturated carbocycles. The summed E-state index contributed by atoms with van der Waals surface area (Å²) in [6.07, 6.45) is 0. The number of hydrogen-bond donors (Lipinski definition) is 2. The maximum absolute atomic E-state index is 13.3. The van der Waals surface area contributed by atoms with Gasteiger partial charge in [0.05, 0.1) is 15.6 Å². The van der Waals surface area contributed by atoms with E-state index in [-0.39, 0.29) is 5.91 Å². The second-order valence-electron chi connectivity index (χ2n) is 6.43. The summed E-state index contributed by atoms with van der Waals surface area (Å²) in [6, 6.07) is 12.2. The third-order valence-electron chi connectivity index (χ3n) is 4.63. The molecule has 0 radical (unpaired) electrons. The molecule has 0 fully saturated rings. The number of carbonyl (C=O) groups excluding carboxylic acids is 1. The highest BCUT2D eigenvalue weighted by Gasteiger charge is 2.35. The number of fused-ring (bicyclic) bond motifs is 1. The summed E-state index contributed by atoms with van der Waals surface area (Å²) in [7, 11) is 0. The third-order valence-corrected chi connectivity index (χ3v) is 5.46. The van der Waals surface area contributed by atoms with Gasteiger partial charge in [-0.05, 0) is 42.0 Å². The van der Waals surface area contributed by atoms with Gasteiger partial charge >= 0.3 is 0 Å². The number of anilines is 2. The fraction of sp³-hybridized carbons (Fsp3) is 0.158. The van der Waals surface area contributed by atoms with Crippen molar-refractivity contribution in [2.45, 2.75) is 19.9 Å². The first-order valence-electron chi connectivity index (χ1n) is 8.54. The van der Waals surface area contributed by atoms with Gasteiger partial charge in [0.2, 0.25) is 5.95 Å². The topological polar surface area (TPSA) is 84.7 Å². The number of allylic oxidation sites excluding steroid dienone is 1. The van der Waals surface area contributed by atoms with Crippen LogP contribution in [-0.2, 0) is 4.79 Å². The van der Waals surface area contributed by atoms with E-state index in [1.54, 1.807) is 19.1 Å². The fourth-order valence-corrected chi connectivity index (χ4v) is 3.64. The number of tetrazole rings is 1. The molecule has 0 bridgehead atoms. The maximum atomic E-state index is 13.3. The van der Waals surface area contributed by atoms with Crippen LogP contribution in [0.5, 0.6) is 0 Å². The lowest BCUT2D eigenvalue weighted by Gasteiger charge is -2.28. The Balaban J connectivity index is 1.82. The molecule has 1 aliphatic heterocycles. The molecule has 1 aliphatic rings. The smallest absolute Gasteiger partial charge is 0.255 e. The van der Waals surface area contributed by atoms with Gasteiger partial charge in [0, 0.05) is 16.9 Å². The van der Waals surface area contributed by atoms with Gasteiger partial charge in [0.25, 0.3) is 5.91 Å². The third kappa shape index (κ3) is 3.12. The zero-order valence-corrected chi connectivity index (χ0v) is 16.6. The predicted molar refractivity (Wildman–Crippen MR) is 109 cm³/mol. The van der Waals surface area contributed by atoms with Gasteiger partial charge in [0.1, 0.15) is 6.04 Å². The molecule has 7 nitrogen and oxygen atoms in total. The van der Waals surface area contributed by atoms with Crippen LogP contribution in [0.4, 0.5) is 11.6 Å². The summed E-state index contributed by atoms with van der Waals surface area (Å²) >= 11 is 12.7. The van der Waals surface area contributed by atoms with Crippen LogP contribution in [0.25, 0.3) is 0 Å². The van der Waals surface area contributed by atoms with Crippen LogP contribution in [0.3, 0.4) is 0 Å². The standard InChI is InChI=1S/C19H16Cl2N6O/c1-10-6-3-4-9-14(10)23-18(28)15-11(2)22-19-24-25-26-27(19)17(15)12-7-5-8-13(20)16(12)21/h3-9,17H,1-2H3,(H,23,28)(H,22,24,26)/t17-/m0/s1. The Kier molecular flexibility index (Phi) is 4.78. The zero-order chi connectivity index (χ0) is 19.8. The van der Waals surface area contributed by atoms with Crippen molar-refractivity contribution in [1.29, 1.82) is 0 Å². The number of amides is 1. The quantitative estimate of drug-likeness (QED) is 0.669. The molecule has 2 aromatic carbocycles. The lowest BCUT2D eigenvalue weighted by Crippen LogP contribution is -2.31. The van der Waals surface area contributed by atoms with E-state index in [4.69, 9.17) is 23.2 Å². The first-order valence-corrected chi connectivity index (χ1v) is 9.29. The number of hydrogen-bond acceptors (Lipinski definition) is 5. The minimum absolute atomic E-state index is 0.276. The Labute approximate surface area is 171 Å². The summed E-state index contributed by atoms with van der Waals surface area (Å²) in [5.74, 6) is 0.146. The number of para-hydroxylation sites is 1. The Bertz CT molecular complexity index is 1110. The predicted octanol–water partition coefficient (Wildman–Crippen LogP) is 4.22. The van der Waals surface area contributed by atoms with Crippen LogP contribution >= 0.6 is 23.2 Å². The molecule has 2 N–H and O–H groups in total. The Morgan fingerprint density at radius 1 is 1.14 bits per heavy atom. The average Bonchev–Trinajstić information content (AvgIpc) is 3.13. The molecule has 3 aromatic rings. The van der Waals surface area contributed by atoms with Crippen LogP contribution < -0.4 is 10.6 Å². The normalized spacial score (nSPS) is 15.8. The number of halogens is 2. The van der Waals surface area contributed by atoms with Gasteiger partial charge in [-0.2, -0.15) is 4.68 Å². The molecular weight excluding hydrogens is 399 g/mol. The SMILES string of the molecule is CC1=C(C(=O)Nc2ccccc2C)[C@H](c2cccc(Cl)c2Cl)n2nnnc2N1. The largest absolute Gasteiger partial charge is 0.326 e. The van der Waals surface area contributed by atoms with E-state index in [2.05, 4.69) is 26.2 Å². The summed E-state index contributed by atoms with van der Waals surface area (Å²) in [5, 5.41) is 18.5. The van der Waals surface area contributed by atoms with Gasteiger partial charge in [-0.15, -0.1) is 0 Å². The number of nitrogens with zero attached hydrogens (tertiary/aromatic N) is 4. The van der Waals surface area contributed by atoms with Crippen molar-refractivity contribution in [2.75, 3.05) is 10.6 Å². The van der Waals surface area contributed by atoms with Crippen molar-refractivity contribution >= 4 is 40.7 Å². The molecule has 0 spiro atoms. The van der Waals surface area contributed by atoms with Gasteiger partial charge < -0.3 is 10.6 Å². The molecule has 1 atom stereocenters. The van der Waals surface area contributed by atoms with Crippen molar-refractivity contribution in [2.24, 2.45) is 0 Å². The van der Waals surface area contributed by atoms with Crippen molar-refractivity contribution in [1.82, 2.24) is 20.2 Å². The summed E-state index contributed by atoms with van der Waals surface area (Å²) in [4.78, 5) is 13.3. The Morgan fingerprint density at radius 2 is 1.93 bits per heavy atom. The summed E-state index contributed by atoms with van der Waals surface area (Å²) < 4.78 is 1.53. The second-order valence-corrected chi connectivity index (χ2v) is 7.21. The zero-order valence-electron chi connectivity index (χ0n) is 15.1. The van der Waals surface area contributed by atoms with Crippen molar-refractivity contribution in [3.8, 4) is 0 Å².